The van der Waals surface area contributed by atoms with Crippen LogP contribution in [0.4, 0.5) is 0 Å². The van der Waals surface area contributed by atoms with Crippen LogP contribution in [0.2, 0.25) is 0 Å². The zero-order valence-electron chi connectivity index (χ0n) is 17.1. The third-order valence-corrected chi connectivity index (χ3v) is 5.65. The highest BCUT2D eigenvalue weighted by Crippen LogP contribution is 2.23. The summed E-state index contributed by atoms with van der Waals surface area (Å²) in [7, 11) is 0. The molecule has 0 saturated heterocycles. The van der Waals surface area contributed by atoms with E-state index in [-0.39, 0.29) is 11.6 Å². The molecule has 1 aliphatic rings. The first-order chi connectivity index (χ1) is 15.0. The number of fused-ring (bicyclic) bond motifs is 2. The van der Waals surface area contributed by atoms with Gasteiger partial charge in [0, 0.05) is 29.4 Å². The molecule has 0 aliphatic carbocycles. The number of aliphatic hydroxyl groups is 1. The van der Waals surface area contributed by atoms with Gasteiger partial charge in [0.1, 0.15) is 0 Å². The van der Waals surface area contributed by atoms with E-state index in [1.807, 2.05) is 61.5 Å². The van der Waals surface area contributed by atoms with Gasteiger partial charge in [-0.2, -0.15) is 5.10 Å². The number of hydrogen-bond acceptors (Lipinski definition) is 4. The maximum Gasteiger partial charge on any atom is 0.264 e. The number of nitrogens with zero attached hydrogens (tertiary/aromatic N) is 3. The van der Waals surface area contributed by atoms with Gasteiger partial charge in [-0.15, -0.1) is 0 Å². The van der Waals surface area contributed by atoms with Crippen LogP contribution in [0.3, 0.4) is 0 Å². The first kappa shape index (κ1) is 19.3. The molecule has 0 bridgehead atoms. The average Bonchev–Trinajstić information content (AvgIpc) is 3.31. The van der Waals surface area contributed by atoms with Crippen molar-refractivity contribution in [3.8, 4) is 17.5 Å². The van der Waals surface area contributed by atoms with Crippen molar-refractivity contribution in [1.29, 1.82) is 0 Å². The molecule has 3 N–H and O–H groups in total. The molecule has 0 saturated carbocycles. The van der Waals surface area contributed by atoms with Crippen molar-refractivity contribution < 1.29 is 5.11 Å². The van der Waals surface area contributed by atoms with E-state index in [4.69, 9.17) is 5.73 Å². The normalized spacial score (nSPS) is 16.0. The molecule has 1 aliphatic heterocycles. The van der Waals surface area contributed by atoms with Gasteiger partial charge in [0.15, 0.2) is 0 Å². The summed E-state index contributed by atoms with van der Waals surface area (Å²) >= 11 is 0. The monoisotopic (exact) mass is 410 g/mol. The third kappa shape index (κ3) is 3.34. The van der Waals surface area contributed by atoms with Crippen molar-refractivity contribution in [3.05, 3.63) is 93.7 Å². The van der Waals surface area contributed by atoms with Crippen LogP contribution in [-0.2, 0) is 13.0 Å². The van der Waals surface area contributed by atoms with Gasteiger partial charge in [0.05, 0.1) is 35.5 Å². The van der Waals surface area contributed by atoms with Crippen LogP contribution in [0.25, 0.3) is 16.5 Å². The summed E-state index contributed by atoms with van der Waals surface area (Å²) in [5, 5.41) is 15.5. The minimum atomic E-state index is -0.420. The molecule has 2 aromatic carbocycles. The van der Waals surface area contributed by atoms with Gasteiger partial charge in [0.25, 0.3) is 5.56 Å². The number of nitrogens with two attached hydrogens (primary N) is 1. The highest BCUT2D eigenvalue weighted by atomic mass is 16.3. The summed E-state index contributed by atoms with van der Waals surface area (Å²) in [4.78, 5) is 13.7. The SMILES string of the molecule is C[C@H](N)c1cc2cccc(C#Cc3cnn4c3C[C@@H](O)C4)c2c(=O)n1-c1ccccc1. The Hall–Kier alpha value is -3.66. The molecule has 0 radical (unpaired) electrons. The van der Waals surface area contributed by atoms with Gasteiger partial charge in [-0.05, 0) is 36.6 Å². The number of rotatable bonds is 2. The molecule has 3 heterocycles. The molecule has 2 atom stereocenters. The molecular formula is C25H22N4O2. The molecule has 0 unspecified atom stereocenters. The zero-order chi connectivity index (χ0) is 21.5. The number of aromatic nitrogens is 3. The molecule has 154 valence electrons. The number of benzene rings is 2. The summed E-state index contributed by atoms with van der Waals surface area (Å²) in [6.45, 7) is 2.37. The predicted octanol–water partition coefficient (Wildman–Crippen LogP) is 2.52. The van der Waals surface area contributed by atoms with Crippen LogP contribution >= 0.6 is 0 Å². The van der Waals surface area contributed by atoms with Crippen LogP contribution in [-0.4, -0.2) is 25.6 Å². The van der Waals surface area contributed by atoms with E-state index in [2.05, 4.69) is 16.9 Å². The Labute approximate surface area is 179 Å². The second-order valence-corrected chi connectivity index (χ2v) is 7.90. The zero-order valence-corrected chi connectivity index (χ0v) is 17.1. The molecule has 0 amide bonds. The van der Waals surface area contributed by atoms with Crippen molar-refractivity contribution in [3.63, 3.8) is 0 Å². The molecule has 5 rings (SSSR count). The lowest BCUT2D eigenvalue weighted by Gasteiger charge is -2.17. The molecule has 0 fully saturated rings. The second-order valence-electron chi connectivity index (χ2n) is 7.90. The Morgan fingerprint density at radius 3 is 2.68 bits per heavy atom. The average molecular weight is 410 g/mol. The van der Waals surface area contributed by atoms with Gasteiger partial charge in [-0.25, -0.2) is 0 Å². The summed E-state index contributed by atoms with van der Waals surface area (Å²) in [5.74, 6) is 6.33. The molecule has 6 heteroatoms. The lowest BCUT2D eigenvalue weighted by Crippen LogP contribution is -2.26. The maximum atomic E-state index is 13.7. The summed E-state index contributed by atoms with van der Waals surface area (Å²) in [6, 6.07) is 16.8. The van der Waals surface area contributed by atoms with Crippen LogP contribution in [0.5, 0.6) is 0 Å². The Kier molecular flexibility index (Phi) is 4.70. The maximum absolute atomic E-state index is 13.7. The van der Waals surface area contributed by atoms with E-state index >= 15 is 0 Å². The predicted molar refractivity (Wildman–Crippen MR) is 120 cm³/mol. The molecule has 31 heavy (non-hydrogen) atoms. The topological polar surface area (TPSA) is 86.1 Å². The fourth-order valence-corrected chi connectivity index (χ4v) is 4.17. The van der Waals surface area contributed by atoms with Crippen molar-refractivity contribution in [2.75, 3.05) is 0 Å². The van der Waals surface area contributed by atoms with Crippen LogP contribution < -0.4 is 11.3 Å². The molecular weight excluding hydrogens is 388 g/mol. The number of pyridine rings is 1. The minimum absolute atomic E-state index is 0.142. The molecule has 2 aromatic heterocycles. The second kappa shape index (κ2) is 7.55. The first-order valence-electron chi connectivity index (χ1n) is 10.3. The van der Waals surface area contributed by atoms with Gasteiger partial charge in [-0.3, -0.25) is 14.0 Å². The first-order valence-corrected chi connectivity index (χ1v) is 10.3. The van der Waals surface area contributed by atoms with Crippen LogP contribution in [0.15, 0.2) is 65.6 Å². The van der Waals surface area contributed by atoms with E-state index < -0.39 is 6.10 Å². The Balaban J connectivity index is 1.71. The van der Waals surface area contributed by atoms with Crippen LogP contribution in [0, 0.1) is 11.8 Å². The van der Waals surface area contributed by atoms with Crippen molar-refractivity contribution in [2.45, 2.75) is 32.0 Å². The summed E-state index contributed by atoms with van der Waals surface area (Å²) in [6.07, 6.45) is 1.84. The standard InChI is InChI=1S/C25H22N4O2/c1-16(26)22-12-18-7-5-6-17(10-11-19-14-27-28-15-21(30)13-23(19)28)24(18)25(31)29(22)20-8-3-2-4-9-20/h2-9,12,14,16,21,30H,13,15,26H2,1H3/t16-,21+/m0/s1. The lowest BCUT2D eigenvalue weighted by molar-refractivity contribution is 0.172. The third-order valence-electron chi connectivity index (χ3n) is 5.65. The molecule has 4 aromatic rings. The summed E-state index contributed by atoms with van der Waals surface area (Å²) in [5.41, 5.74) is 9.96. The van der Waals surface area contributed by atoms with Gasteiger partial charge >= 0.3 is 0 Å². The van der Waals surface area contributed by atoms with Crippen molar-refractivity contribution in [1.82, 2.24) is 14.3 Å². The van der Waals surface area contributed by atoms with E-state index in [0.717, 1.165) is 28.0 Å². The largest absolute Gasteiger partial charge is 0.391 e. The van der Waals surface area contributed by atoms with E-state index in [1.54, 1.807) is 15.4 Å². The van der Waals surface area contributed by atoms with Gasteiger partial charge in [0.2, 0.25) is 0 Å². The Morgan fingerprint density at radius 1 is 1.13 bits per heavy atom. The van der Waals surface area contributed by atoms with E-state index in [1.165, 1.54) is 0 Å². The number of hydrogen-bond donors (Lipinski definition) is 2. The fraction of sp³-hybridized carbons (Fsp3) is 0.200. The highest BCUT2D eigenvalue weighted by molar-refractivity contribution is 5.88. The summed E-state index contributed by atoms with van der Waals surface area (Å²) < 4.78 is 3.46. The van der Waals surface area contributed by atoms with E-state index in [9.17, 15) is 9.90 Å². The number of aliphatic hydroxyl groups excluding tert-OH is 1. The Morgan fingerprint density at radius 2 is 1.90 bits per heavy atom. The van der Waals surface area contributed by atoms with E-state index in [0.29, 0.717) is 23.9 Å². The smallest absolute Gasteiger partial charge is 0.264 e. The van der Waals surface area contributed by atoms with Crippen LogP contribution in [0.1, 0.15) is 35.5 Å². The van der Waals surface area contributed by atoms with Gasteiger partial charge < -0.3 is 10.8 Å². The quantitative estimate of drug-likeness (QED) is 0.497. The fourth-order valence-electron chi connectivity index (χ4n) is 4.17. The Bertz CT molecular complexity index is 1400. The van der Waals surface area contributed by atoms with Gasteiger partial charge in [-0.1, -0.05) is 42.2 Å². The lowest BCUT2D eigenvalue weighted by atomic mass is 10.0. The van der Waals surface area contributed by atoms with Crippen molar-refractivity contribution >= 4 is 10.8 Å². The molecule has 6 nitrogen and oxygen atoms in total. The molecule has 0 spiro atoms. The minimum Gasteiger partial charge on any atom is -0.391 e. The van der Waals surface area contributed by atoms with Crippen molar-refractivity contribution in [2.24, 2.45) is 5.73 Å². The number of para-hydroxylation sites is 1. The highest BCUT2D eigenvalue weighted by Gasteiger charge is 2.22.